The van der Waals surface area contributed by atoms with Gasteiger partial charge in [-0.2, -0.15) is 0 Å². The molecule has 7 nitrogen and oxygen atoms in total. The summed E-state index contributed by atoms with van der Waals surface area (Å²) < 4.78 is 5.71. The molecule has 0 unspecified atom stereocenters. The number of imide groups is 1. The Bertz CT molecular complexity index is 994. The number of carboxylic acids is 1. The van der Waals surface area contributed by atoms with Crippen LogP contribution >= 0.6 is 11.6 Å². The Kier molecular flexibility index (Phi) is 5.76. The van der Waals surface area contributed by atoms with Gasteiger partial charge < -0.3 is 9.84 Å². The average Bonchev–Trinajstić information content (AvgIpc) is 2.93. The maximum absolute atomic E-state index is 12.8. The number of carboxylic acid groups (broad SMARTS) is 1. The molecular weight excluding hydrogens is 408 g/mol. The van der Waals surface area contributed by atoms with Crippen molar-refractivity contribution in [2.45, 2.75) is 39.8 Å². The second-order valence-corrected chi connectivity index (χ2v) is 8.24. The van der Waals surface area contributed by atoms with Crippen LogP contribution in [-0.2, 0) is 16.1 Å². The number of anilines is 1. The number of carbonyl (C=O) groups is 3. The van der Waals surface area contributed by atoms with Crippen molar-refractivity contribution in [3.63, 3.8) is 0 Å². The molecular formula is C22H23ClN2O5. The molecule has 0 aliphatic carbocycles. The summed E-state index contributed by atoms with van der Waals surface area (Å²) in [5.74, 6) is -0.883. The van der Waals surface area contributed by atoms with E-state index in [0.717, 1.165) is 16.7 Å². The van der Waals surface area contributed by atoms with Crippen molar-refractivity contribution in [1.29, 1.82) is 0 Å². The van der Waals surface area contributed by atoms with E-state index in [1.165, 1.54) is 23.6 Å². The summed E-state index contributed by atoms with van der Waals surface area (Å²) in [7, 11) is 0. The fourth-order valence-corrected chi connectivity index (χ4v) is 3.42. The van der Waals surface area contributed by atoms with Crippen molar-refractivity contribution >= 4 is 35.2 Å². The van der Waals surface area contributed by atoms with Crippen LogP contribution in [-0.4, -0.2) is 40.1 Å². The lowest BCUT2D eigenvalue weighted by Gasteiger charge is -2.25. The quantitative estimate of drug-likeness (QED) is 0.695. The monoisotopic (exact) mass is 430 g/mol. The van der Waals surface area contributed by atoms with Crippen LogP contribution in [0.1, 0.15) is 30.5 Å². The molecule has 1 aliphatic heterocycles. The maximum atomic E-state index is 12.8. The first-order valence-corrected chi connectivity index (χ1v) is 9.77. The van der Waals surface area contributed by atoms with Crippen LogP contribution in [0.3, 0.4) is 0 Å². The molecule has 1 aliphatic rings. The predicted octanol–water partition coefficient (Wildman–Crippen LogP) is 4.17. The van der Waals surface area contributed by atoms with Gasteiger partial charge in [0.05, 0.1) is 6.54 Å². The van der Waals surface area contributed by atoms with E-state index < -0.39 is 17.6 Å². The zero-order valence-corrected chi connectivity index (χ0v) is 18.0. The Morgan fingerprint density at radius 2 is 1.70 bits per heavy atom. The summed E-state index contributed by atoms with van der Waals surface area (Å²) in [6.45, 7) is 6.65. The second kappa shape index (κ2) is 7.99. The molecule has 1 saturated heterocycles. The highest BCUT2D eigenvalue weighted by Gasteiger charge is 2.37. The topological polar surface area (TPSA) is 87.2 Å². The predicted molar refractivity (Wildman–Crippen MR) is 113 cm³/mol. The third-order valence-corrected chi connectivity index (χ3v) is 5.18. The van der Waals surface area contributed by atoms with Crippen molar-refractivity contribution in [1.82, 2.24) is 4.90 Å². The van der Waals surface area contributed by atoms with Crippen molar-refractivity contribution in [2.24, 2.45) is 0 Å². The van der Waals surface area contributed by atoms with Gasteiger partial charge in [0.2, 0.25) is 0 Å². The van der Waals surface area contributed by atoms with Gasteiger partial charge in [-0.15, -0.1) is 0 Å². The van der Waals surface area contributed by atoms with Crippen LogP contribution in [0.25, 0.3) is 0 Å². The van der Waals surface area contributed by atoms with Gasteiger partial charge in [-0.1, -0.05) is 23.7 Å². The lowest BCUT2D eigenvalue weighted by Crippen LogP contribution is -2.38. The summed E-state index contributed by atoms with van der Waals surface area (Å²) in [5.41, 5.74) is 1.44. The van der Waals surface area contributed by atoms with Crippen molar-refractivity contribution in [2.75, 3.05) is 11.4 Å². The molecule has 0 radical (unpaired) electrons. The van der Waals surface area contributed by atoms with Crippen LogP contribution in [0, 0.1) is 13.8 Å². The largest absolute Gasteiger partial charge is 0.478 e. The van der Waals surface area contributed by atoms with E-state index in [1.54, 1.807) is 50.2 Å². The maximum Gasteiger partial charge on any atom is 0.347 e. The van der Waals surface area contributed by atoms with Gasteiger partial charge in [0.1, 0.15) is 12.3 Å². The summed E-state index contributed by atoms with van der Waals surface area (Å²) >= 11 is 5.90. The summed E-state index contributed by atoms with van der Waals surface area (Å²) in [4.78, 5) is 39.3. The molecule has 0 aromatic heterocycles. The van der Waals surface area contributed by atoms with Gasteiger partial charge in [0.15, 0.2) is 5.60 Å². The highest BCUT2D eigenvalue weighted by atomic mass is 35.5. The van der Waals surface area contributed by atoms with Crippen LogP contribution in [0.15, 0.2) is 36.4 Å². The minimum atomic E-state index is -1.38. The smallest absolute Gasteiger partial charge is 0.347 e. The Morgan fingerprint density at radius 1 is 1.13 bits per heavy atom. The van der Waals surface area contributed by atoms with E-state index >= 15 is 0 Å². The molecule has 0 saturated carbocycles. The van der Waals surface area contributed by atoms with E-state index in [-0.39, 0.29) is 19.0 Å². The summed E-state index contributed by atoms with van der Waals surface area (Å²) in [5, 5.41) is 9.85. The zero-order valence-electron chi connectivity index (χ0n) is 17.2. The number of urea groups is 1. The number of hydrogen-bond acceptors (Lipinski definition) is 4. The molecule has 1 fully saturated rings. The first-order valence-electron chi connectivity index (χ1n) is 9.39. The fourth-order valence-electron chi connectivity index (χ4n) is 3.29. The fraction of sp³-hybridized carbons (Fsp3) is 0.318. The normalized spacial score (nSPS) is 14.4. The zero-order chi connectivity index (χ0) is 22.2. The number of carbonyl (C=O) groups excluding carboxylic acids is 2. The van der Waals surface area contributed by atoms with Crippen LogP contribution in [0.5, 0.6) is 5.75 Å². The van der Waals surface area contributed by atoms with Crippen LogP contribution in [0.2, 0.25) is 5.02 Å². The van der Waals surface area contributed by atoms with Crippen molar-refractivity contribution < 1.29 is 24.2 Å². The number of aryl methyl sites for hydroxylation is 2. The number of benzene rings is 2. The second-order valence-electron chi connectivity index (χ2n) is 7.80. The summed E-state index contributed by atoms with van der Waals surface area (Å²) in [6, 6.07) is 9.92. The number of aliphatic carboxylic acids is 1. The molecule has 0 atom stereocenters. The third kappa shape index (κ3) is 4.26. The van der Waals surface area contributed by atoms with E-state index in [4.69, 9.17) is 16.3 Å². The van der Waals surface area contributed by atoms with Gasteiger partial charge in [-0.3, -0.25) is 14.6 Å². The number of ether oxygens (including phenoxy) is 1. The first kappa shape index (κ1) is 21.6. The molecule has 2 aromatic carbocycles. The van der Waals surface area contributed by atoms with Gasteiger partial charge in [0.25, 0.3) is 5.91 Å². The van der Waals surface area contributed by atoms with E-state index in [9.17, 15) is 19.5 Å². The van der Waals surface area contributed by atoms with E-state index in [2.05, 4.69) is 0 Å². The van der Waals surface area contributed by atoms with Gasteiger partial charge in [0, 0.05) is 10.7 Å². The molecule has 3 rings (SSSR count). The average molecular weight is 431 g/mol. The number of amides is 3. The molecule has 8 heteroatoms. The van der Waals surface area contributed by atoms with Crippen LogP contribution in [0.4, 0.5) is 10.5 Å². The molecule has 1 N–H and O–H groups in total. The molecule has 0 bridgehead atoms. The highest BCUT2D eigenvalue weighted by molar-refractivity contribution is 6.30. The molecule has 0 spiro atoms. The standard InChI is InChI=1S/C22H23ClN2O5/c1-13-9-15(10-14(2)19(13)30-22(3,4)20(27)28)11-25-18(26)12-24(21(25)29)17-7-5-16(23)6-8-17/h5-10H,11-12H2,1-4H3,(H,27,28). The lowest BCUT2D eigenvalue weighted by atomic mass is 10.0. The van der Waals surface area contributed by atoms with Crippen LogP contribution < -0.4 is 9.64 Å². The van der Waals surface area contributed by atoms with E-state index in [0.29, 0.717) is 16.5 Å². The Labute approximate surface area is 179 Å². The number of nitrogens with zero attached hydrogens (tertiary/aromatic N) is 2. The number of rotatable bonds is 6. The molecule has 1 heterocycles. The SMILES string of the molecule is Cc1cc(CN2C(=O)CN(c3ccc(Cl)cc3)C2=O)cc(C)c1OC(C)(C)C(=O)O. The number of hydrogen-bond donors (Lipinski definition) is 1. The number of halogens is 1. The van der Waals surface area contributed by atoms with E-state index in [1.807, 2.05) is 0 Å². The van der Waals surface area contributed by atoms with Crippen molar-refractivity contribution in [3.05, 3.63) is 58.1 Å². The molecule has 2 aromatic rings. The van der Waals surface area contributed by atoms with Gasteiger partial charge in [-0.25, -0.2) is 9.59 Å². The first-order chi connectivity index (χ1) is 14.0. The third-order valence-electron chi connectivity index (χ3n) is 4.93. The Hall–Kier alpha value is -3.06. The van der Waals surface area contributed by atoms with Crippen molar-refractivity contribution in [3.8, 4) is 5.75 Å². The minimum Gasteiger partial charge on any atom is -0.478 e. The van der Waals surface area contributed by atoms with Gasteiger partial charge >= 0.3 is 12.0 Å². The Morgan fingerprint density at radius 3 is 2.23 bits per heavy atom. The summed E-state index contributed by atoms with van der Waals surface area (Å²) in [6.07, 6.45) is 0. The molecule has 3 amide bonds. The Balaban J connectivity index is 1.81. The molecule has 158 valence electrons. The minimum absolute atomic E-state index is 0.0353. The van der Waals surface area contributed by atoms with Gasteiger partial charge in [-0.05, 0) is 68.7 Å². The lowest BCUT2D eigenvalue weighted by molar-refractivity contribution is -0.152. The highest BCUT2D eigenvalue weighted by Crippen LogP contribution is 2.30. The molecule has 30 heavy (non-hydrogen) atoms.